The fourth-order valence-electron chi connectivity index (χ4n) is 3.38. The maximum absolute atomic E-state index is 12.5. The third-order valence-electron chi connectivity index (χ3n) is 4.96. The first-order valence-electron chi connectivity index (χ1n) is 9.74. The first-order valence-corrected chi connectivity index (χ1v) is 10.1. The molecule has 0 aromatic heterocycles. The van der Waals surface area contributed by atoms with Crippen LogP contribution in [-0.2, 0) is 22.6 Å². The molecule has 0 atom stereocenters. The van der Waals surface area contributed by atoms with Crippen LogP contribution in [0.15, 0.2) is 72.8 Å². The van der Waals surface area contributed by atoms with E-state index in [1.807, 2.05) is 48.5 Å². The van der Waals surface area contributed by atoms with Crippen LogP contribution in [0.5, 0.6) is 5.75 Å². The van der Waals surface area contributed by atoms with Gasteiger partial charge in [0.2, 0.25) is 5.91 Å². The summed E-state index contributed by atoms with van der Waals surface area (Å²) in [7, 11) is 0. The molecule has 1 aliphatic heterocycles. The van der Waals surface area contributed by atoms with Crippen LogP contribution in [0.2, 0.25) is 5.02 Å². The Bertz CT molecular complexity index is 1070. The van der Waals surface area contributed by atoms with Crippen LogP contribution in [0.25, 0.3) is 0 Å². The van der Waals surface area contributed by atoms with Crippen molar-refractivity contribution in [2.45, 2.75) is 19.4 Å². The van der Waals surface area contributed by atoms with Gasteiger partial charge in [-0.3, -0.25) is 9.59 Å². The number of fused-ring (bicyclic) bond motifs is 1. The number of rotatable bonds is 6. The summed E-state index contributed by atoms with van der Waals surface area (Å²) >= 11 is 6.28. The monoisotopic (exact) mass is 420 g/mol. The van der Waals surface area contributed by atoms with Gasteiger partial charge in [-0.25, -0.2) is 0 Å². The molecule has 1 N–H and O–H groups in total. The second-order valence-corrected chi connectivity index (χ2v) is 7.48. The van der Waals surface area contributed by atoms with E-state index in [-0.39, 0.29) is 18.4 Å². The van der Waals surface area contributed by atoms with Gasteiger partial charge in [-0.05, 0) is 41.8 Å². The fraction of sp³-hybridized carbons (Fsp3) is 0.167. The Morgan fingerprint density at radius 2 is 1.80 bits per heavy atom. The summed E-state index contributed by atoms with van der Waals surface area (Å²) in [6.45, 7) is 0.306. The van der Waals surface area contributed by atoms with E-state index in [2.05, 4.69) is 5.32 Å². The summed E-state index contributed by atoms with van der Waals surface area (Å²) < 4.78 is 5.56. The molecule has 1 heterocycles. The number of aryl methyl sites for hydroxylation is 1. The van der Waals surface area contributed by atoms with Crippen LogP contribution in [0, 0.1) is 0 Å². The molecule has 6 heteroatoms. The number of nitrogens with zero attached hydrogens (tertiary/aromatic N) is 1. The molecule has 3 aromatic rings. The quantitative estimate of drug-likeness (QED) is 0.621. The lowest BCUT2D eigenvalue weighted by Crippen LogP contribution is -2.38. The van der Waals surface area contributed by atoms with E-state index >= 15 is 0 Å². The number of ether oxygens (including phenoxy) is 1. The van der Waals surface area contributed by atoms with Gasteiger partial charge in [-0.1, -0.05) is 60.1 Å². The highest BCUT2D eigenvalue weighted by Crippen LogP contribution is 2.36. The van der Waals surface area contributed by atoms with Gasteiger partial charge in [-0.2, -0.15) is 0 Å². The summed E-state index contributed by atoms with van der Waals surface area (Å²) in [5.41, 5.74) is 3.20. The fourth-order valence-corrected chi connectivity index (χ4v) is 3.57. The topological polar surface area (TPSA) is 58.6 Å². The highest BCUT2D eigenvalue weighted by Gasteiger charge is 2.26. The first kappa shape index (κ1) is 20.0. The van der Waals surface area contributed by atoms with Crippen molar-refractivity contribution in [3.8, 4) is 5.75 Å². The molecular formula is C24H21ClN2O3. The lowest BCUT2D eigenvalue weighted by Gasteiger charge is -2.30. The zero-order chi connectivity index (χ0) is 20.9. The van der Waals surface area contributed by atoms with Crippen LogP contribution >= 0.6 is 11.6 Å². The van der Waals surface area contributed by atoms with E-state index in [9.17, 15) is 9.59 Å². The maximum atomic E-state index is 12.5. The van der Waals surface area contributed by atoms with Crippen molar-refractivity contribution in [3.05, 3.63) is 88.9 Å². The minimum absolute atomic E-state index is 0.0275. The molecule has 0 saturated heterocycles. The minimum atomic E-state index is -0.157. The van der Waals surface area contributed by atoms with Gasteiger partial charge in [-0.15, -0.1) is 0 Å². The first-order chi connectivity index (χ1) is 14.6. The predicted octanol–water partition coefficient (Wildman–Crippen LogP) is 4.84. The molecule has 3 aromatic carbocycles. The van der Waals surface area contributed by atoms with Gasteiger partial charge in [0.05, 0.1) is 12.2 Å². The maximum Gasteiger partial charge on any atom is 0.265 e. The minimum Gasteiger partial charge on any atom is -0.482 e. The lowest BCUT2D eigenvalue weighted by molar-refractivity contribution is -0.121. The van der Waals surface area contributed by atoms with Gasteiger partial charge in [0.15, 0.2) is 6.61 Å². The number of hydrogen-bond donors (Lipinski definition) is 1. The van der Waals surface area contributed by atoms with Crippen LogP contribution in [-0.4, -0.2) is 18.4 Å². The number of nitrogens with one attached hydrogen (secondary N) is 1. The standard InChI is InChI=1S/C24H21ClN2O3/c25-20-9-5-4-8-18(20)15-27-21-14-19(11-12-22(21)30-16-24(27)29)26-23(28)13-10-17-6-2-1-3-7-17/h1-9,11-12,14H,10,13,15-16H2,(H,26,28). The summed E-state index contributed by atoms with van der Waals surface area (Å²) in [5, 5.41) is 3.52. The number of benzene rings is 3. The molecule has 0 spiro atoms. The van der Waals surface area contributed by atoms with Crippen LogP contribution in [0.4, 0.5) is 11.4 Å². The number of hydrogen-bond acceptors (Lipinski definition) is 3. The highest BCUT2D eigenvalue weighted by atomic mass is 35.5. The van der Waals surface area contributed by atoms with Crippen molar-refractivity contribution in [1.29, 1.82) is 0 Å². The summed E-state index contributed by atoms with van der Waals surface area (Å²) in [6, 6.07) is 22.6. The second-order valence-electron chi connectivity index (χ2n) is 7.08. The smallest absolute Gasteiger partial charge is 0.265 e. The molecule has 0 radical (unpaired) electrons. The number of carbonyl (C=O) groups is 2. The number of halogens is 1. The number of carbonyl (C=O) groups excluding carboxylic acids is 2. The third-order valence-corrected chi connectivity index (χ3v) is 5.32. The molecular weight excluding hydrogens is 400 g/mol. The van der Waals surface area contributed by atoms with Gasteiger partial charge in [0, 0.05) is 17.1 Å². The largest absolute Gasteiger partial charge is 0.482 e. The van der Waals surface area contributed by atoms with Crippen molar-refractivity contribution in [2.75, 3.05) is 16.8 Å². The van der Waals surface area contributed by atoms with Crippen molar-refractivity contribution in [3.63, 3.8) is 0 Å². The Morgan fingerprint density at radius 1 is 1.03 bits per heavy atom. The molecule has 152 valence electrons. The Kier molecular flexibility index (Phi) is 6.00. The van der Waals surface area contributed by atoms with Crippen LogP contribution in [0.1, 0.15) is 17.5 Å². The molecule has 0 unspecified atom stereocenters. The Morgan fingerprint density at radius 3 is 2.60 bits per heavy atom. The van der Waals surface area contributed by atoms with Gasteiger partial charge in [0.1, 0.15) is 5.75 Å². The van der Waals surface area contributed by atoms with Crippen molar-refractivity contribution in [2.24, 2.45) is 0 Å². The molecule has 0 bridgehead atoms. The average molecular weight is 421 g/mol. The molecule has 1 aliphatic rings. The predicted molar refractivity (Wildman–Crippen MR) is 118 cm³/mol. The molecule has 2 amide bonds. The number of anilines is 2. The van der Waals surface area contributed by atoms with Crippen molar-refractivity contribution >= 4 is 34.8 Å². The lowest BCUT2D eigenvalue weighted by atomic mass is 10.1. The normalized spacial score (nSPS) is 12.8. The van der Waals surface area contributed by atoms with Gasteiger partial charge < -0.3 is 15.0 Å². The molecule has 0 saturated carbocycles. The van der Waals surface area contributed by atoms with E-state index < -0.39 is 0 Å². The zero-order valence-corrected chi connectivity index (χ0v) is 17.1. The van der Waals surface area contributed by atoms with Crippen LogP contribution < -0.4 is 15.0 Å². The SMILES string of the molecule is O=C(CCc1ccccc1)Nc1ccc2c(c1)N(Cc1ccccc1Cl)C(=O)CO2. The Labute approximate surface area is 180 Å². The summed E-state index contributed by atoms with van der Waals surface area (Å²) in [4.78, 5) is 26.6. The van der Waals surface area contributed by atoms with Crippen LogP contribution in [0.3, 0.4) is 0 Å². The Hall–Kier alpha value is -3.31. The molecule has 5 nitrogen and oxygen atoms in total. The molecule has 30 heavy (non-hydrogen) atoms. The molecule has 4 rings (SSSR count). The second kappa shape index (κ2) is 9.01. The van der Waals surface area contributed by atoms with E-state index in [0.29, 0.717) is 41.5 Å². The molecule has 0 fully saturated rings. The van der Waals surface area contributed by atoms with E-state index in [0.717, 1.165) is 11.1 Å². The summed E-state index contributed by atoms with van der Waals surface area (Å²) in [5.74, 6) is 0.360. The van der Waals surface area contributed by atoms with Crippen molar-refractivity contribution < 1.29 is 14.3 Å². The Balaban J connectivity index is 1.49. The third kappa shape index (κ3) is 4.63. The van der Waals surface area contributed by atoms with Gasteiger partial charge >= 0.3 is 0 Å². The van der Waals surface area contributed by atoms with E-state index in [1.54, 1.807) is 29.2 Å². The zero-order valence-electron chi connectivity index (χ0n) is 16.3. The van der Waals surface area contributed by atoms with Crippen molar-refractivity contribution in [1.82, 2.24) is 0 Å². The summed E-state index contributed by atoms with van der Waals surface area (Å²) in [6.07, 6.45) is 1.04. The van der Waals surface area contributed by atoms with Gasteiger partial charge in [0.25, 0.3) is 5.91 Å². The van der Waals surface area contributed by atoms with E-state index in [1.165, 1.54) is 0 Å². The highest BCUT2D eigenvalue weighted by molar-refractivity contribution is 6.31. The molecule has 0 aliphatic carbocycles. The number of amides is 2. The van der Waals surface area contributed by atoms with E-state index in [4.69, 9.17) is 16.3 Å². The average Bonchev–Trinajstić information content (AvgIpc) is 2.76.